The molecule has 1 saturated heterocycles. The zero-order valence-electron chi connectivity index (χ0n) is 10.3. The molecule has 0 saturated carbocycles. The molecular formula is C14H20N2O. The first-order valence-electron chi connectivity index (χ1n) is 6.52. The van der Waals surface area contributed by atoms with Crippen LogP contribution in [0.4, 0.5) is 0 Å². The zero-order chi connectivity index (χ0) is 11.7. The van der Waals surface area contributed by atoms with Crippen molar-refractivity contribution >= 4 is 0 Å². The normalized spacial score (nSPS) is 21.2. The van der Waals surface area contributed by atoms with Gasteiger partial charge in [-0.25, -0.2) is 0 Å². The summed E-state index contributed by atoms with van der Waals surface area (Å²) in [5, 5.41) is 6.79. The number of benzene rings is 1. The lowest BCUT2D eigenvalue weighted by molar-refractivity contribution is 0.266. The molecule has 2 heterocycles. The number of fused-ring (bicyclic) bond motifs is 1. The van der Waals surface area contributed by atoms with Crippen LogP contribution >= 0.6 is 0 Å². The summed E-state index contributed by atoms with van der Waals surface area (Å²) in [5.74, 6) is 1.81. The minimum atomic E-state index is 0.475. The molecule has 0 radical (unpaired) electrons. The minimum Gasteiger partial charge on any atom is -0.493 e. The number of ether oxygens (including phenoxy) is 1. The maximum absolute atomic E-state index is 5.66. The molecule has 2 aliphatic heterocycles. The van der Waals surface area contributed by atoms with Crippen LogP contribution in [0.3, 0.4) is 0 Å². The number of aryl methyl sites for hydroxylation is 1. The molecule has 0 bridgehead atoms. The molecule has 0 aliphatic carbocycles. The molecule has 3 nitrogen and oxygen atoms in total. The van der Waals surface area contributed by atoms with E-state index in [4.69, 9.17) is 4.74 Å². The van der Waals surface area contributed by atoms with Gasteiger partial charge < -0.3 is 15.4 Å². The Morgan fingerprint density at radius 1 is 1.41 bits per heavy atom. The topological polar surface area (TPSA) is 33.3 Å². The molecule has 2 N–H and O–H groups in total. The Balaban J connectivity index is 1.86. The van der Waals surface area contributed by atoms with Gasteiger partial charge in [-0.1, -0.05) is 12.1 Å². The van der Waals surface area contributed by atoms with Crippen molar-refractivity contribution in [3.05, 3.63) is 29.3 Å². The van der Waals surface area contributed by atoms with Gasteiger partial charge in [0.1, 0.15) is 5.75 Å². The molecule has 1 aromatic carbocycles. The van der Waals surface area contributed by atoms with Crippen LogP contribution in [0.25, 0.3) is 0 Å². The minimum absolute atomic E-state index is 0.475. The average Bonchev–Trinajstić information content (AvgIpc) is 2.33. The van der Waals surface area contributed by atoms with E-state index >= 15 is 0 Å². The Kier molecular flexibility index (Phi) is 3.04. The van der Waals surface area contributed by atoms with Crippen LogP contribution in [0.15, 0.2) is 18.2 Å². The maximum atomic E-state index is 5.66. The van der Waals surface area contributed by atoms with Crippen LogP contribution < -0.4 is 15.4 Å². The van der Waals surface area contributed by atoms with Crippen molar-refractivity contribution in [2.75, 3.05) is 26.7 Å². The molecule has 92 valence electrons. The highest BCUT2D eigenvalue weighted by Gasteiger charge is 2.27. The third-order valence-corrected chi connectivity index (χ3v) is 3.89. The quantitative estimate of drug-likeness (QED) is 0.828. The van der Waals surface area contributed by atoms with Crippen molar-refractivity contribution in [2.45, 2.75) is 18.9 Å². The van der Waals surface area contributed by atoms with Gasteiger partial charge in [0.2, 0.25) is 0 Å². The Labute approximate surface area is 103 Å². The average molecular weight is 232 g/mol. The van der Waals surface area contributed by atoms with E-state index in [1.807, 2.05) is 0 Å². The molecular weight excluding hydrogens is 212 g/mol. The molecule has 0 spiro atoms. The van der Waals surface area contributed by atoms with Crippen LogP contribution in [0.5, 0.6) is 5.75 Å². The number of rotatable bonds is 3. The lowest BCUT2D eigenvalue weighted by Crippen LogP contribution is -2.48. The fraction of sp³-hybridized carbons (Fsp3) is 0.571. The smallest absolute Gasteiger partial charge is 0.122 e. The Bertz CT molecular complexity index is 401. The predicted octanol–water partition coefficient (Wildman–Crippen LogP) is 1.49. The maximum Gasteiger partial charge on any atom is 0.122 e. The number of hydrogen-bond acceptors (Lipinski definition) is 3. The Morgan fingerprint density at radius 3 is 3.00 bits per heavy atom. The zero-order valence-corrected chi connectivity index (χ0v) is 10.3. The first kappa shape index (κ1) is 11.1. The predicted molar refractivity (Wildman–Crippen MR) is 68.4 cm³/mol. The van der Waals surface area contributed by atoms with Gasteiger partial charge in [0, 0.05) is 25.0 Å². The van der Waals surface area contributed by atoms with Crippen LogP contribution in [-0.2, 0) is 6.42 Å². The Morgan fingerprint density at radius 2 is 2.29 bits per heavy atom. The first-order chi connectivity index (χ1) is 8.38. The van der Waals surface area contributed by atoms with Crippen molar-refractivity contribution in [2.24, 2.45) is 5.92 Å². The summed E-state index contributed by atoms with van der Waals surface area (Å²) in [7, 11) is 2.05. The van der Waals surface area contributed by atoms with Crippen molar-refractivity contribution in [1.82, 2.24) is 10.6 Å². The first-order valence-corrected chi connectivity index (χ1v) is 6.52. The van der Waals surface area contributed by atoms with E-state index in [0.717, 1.165) is 44.2 Å². The third-order valence-electron chi connectivity index (χ3n) is 3.89. The molecule has 17 heavy (non-hydrogen) atoms. The largest absolute Gasteiger partial charge is 0.493 e. The molecule has 3 rings (SSSR count). The van der Waals surface area contributed by atoms with E-state index in [1.54, 1.807) is 0 Å². The molecule has 2 aliphatic rings. The van der Waals surface area contributed by atoms with E-state index in [0.29, 0.717) is 6.04 Å². The molecule has 1 atom stereocenters. The standard InChI is InChI=1S/C14H20N2O/c1-15-14(12-8-16-9-12)11-4-5-13-10(7-11)3-2-6-17-13/h4-5,7,12,14-16H,2-3,6,8-9H2,1H3. The van der Waals surface area contributed by atoms with Crippen molar-refractivity contribution in [1.29, 1.82) is 0 Å². The van der Waals surface area contributed by atoms with Gasteiger partial charge in [0.25, 0.3) is 0 Å². The summed E-state index contributed by atoms with van der Waals surface area (Å²) >= 11 is 0. The summed E-state index contributed by atoms with van der Waals surface area (Å²) < 4.78 is 5.66. The molecule has 0 amide bonds. The highest BCUT2D eigenvalue weighted by molar-refractivity contribution is 5.40. The highest BCUT2D eigenvalue weighted by Crippen LogP contribution is 2.31. The lowest BCUT2D eigenvalue weighted by Gasteiger charge is -2.35. The second-order valence-corrected chi connectivity index (χ2v) is 5.00. The highest BCUT2D eigenvalue weighted by atomic mass is 16.5. The van der Waals surface area contributed by atoms with Crippen molar-refractivity contribution in [3.63, 3.8) is 0 Å². The van der Waals surface area contributed by atoms with Gasteiger partial charge >= 0.3 is 0 Å². The molecule has 0 aromatic heterocycles. The van der Waals surface area contributed by atoms with E-state index in [1.165, 1.54) is 11.1 Å². The van der Waals surface area contributed by atoms with Crippen molar-refractivity contribution in [3.8, 4) is 5.75 Å². The molecule has 1 aromatic rings. The van der Waals surface area contributed by atoms with Gasteiger partial charge in [0.05, 0.1) is 6.61 Å². The van der Waals surface area contributed by atoms with Gasteiger partial charge in [-0.15, -0.1) is 0 Å². The van der Waals surface area contributed by atoms with E-state index in [-0.39, 0.29) is 0 Å². The number of nitrogens with one attached hydrogen (secondary N) is 2. The SMILES string of the molecule is CNC(c1ccc2c(c1)CCCO2)C1CNC1. The number of hydrogen-bond donors (Lipinski definition) is 2. The fourth-order valence-corrected chi connectivity index (χ4v) is 2.79. The van der Waals surface area contributed by atoms with Gasteiger partial charge in [-0.05, 0) is 37.1 Å². The van der Waals surface area contributed by atoms with Gasteiger partial charge in [-0.2, -0.15) is 0 Å². The summed E-state index contributed by atoms with van der Waals surface area (Å²) in [4.78, 5) is 0. The lowest BCUT2D eigenvalue weighted by atomic mass is 9.87. The van der Waals surface area contributed by atoms with Crippen LogP contribution in [0.2, 0.25) is 0 Å². The fourth-order valence-electron chi connectivity index (χ4n) is 2.79. The van der Waals surface area contributed by atoms with Crippen molar-refractivity contribution < 1.29 is 4.74 Å². The summed E-state index contributed by atoms with van der Waals surface area (Å²) in [5.41, 5.74) is 2.78. The molecule has 1 fully saturated rings. The monoisotopic (exact) mass is 232 g/mol. The van der Waals surface area contributed by atoms with E-state index in [9.17, 15) is 0 Å². The summed E-state index contributed by atoms with van der Waals surface area (Å²) in [6.45, 7) is 3.12. The van der Waals surface area contributed by atoms with E-state index < -0.39 is 0 Å². The van der Waals surface area contributed by atoms with Crippen LogP contribution in [-0.4, -0.2) is 26.7 Å². The molecule has 3 heteroatoms. The third kappa shape index (κ3) is 2.05. The molecule has 1 unspecified atom stereocenters. The van der Waals surface area contributed by atoms with Crippen LogP contribution in [0, 0.1) is 5.92 Å². The second-order valence-electron chi connectivity index (χ2n) is 5.00. The summed E-state index contributed by atoms with van der Waals surface area (Å²) in [6.07, 6.45) is 2.30. The summed E-state index contributed by atoms with van der Waals surface area (Å²) in [6, 6.07) is 7.15. The van der Waals surface area contributed by atoms with E-state index in [2.05, 4.69) is 35.9 Å². The van der Waals surface area contributed by atoms with Gasteiger partial charge in [-0.3, -0.25) is 0 Å². The Hall–Kier alpha value is -1.06. The second kappa shape index (κ2) is 4.67. The van der Waals surface area contributed by atoms with Gasteiger partial charge in [0.15, 0.2) is 0 Å². The van der Waals surface area contributed by atoms with Crippen LogP contribution in [0.1, 0.15) is 23.6 Å².